The van der Waals surface area contributed by atoms with Crippen molar-refractivity contribution in [2.24, 2.45) is 0 Å². The fourth-order valence-corrected chi connectivity index (χ4v) is 3.17. The van der Waals surface area contributed by atoms with Crippen molar-refractivity contribution in [3.05, 3.63) is 35.2 Å². The number of fused-ring (bicyclic) bond motifs is 1. The largest absolute Gasteiger partial charge is 0.378 e. The van der Waals surface area contributed by atoms with Crippen molar-refractivity contribution in [1.29, 1.82) is 0 Å². The molecule has 1 saturated heterocycles. The molecule has 124 valence electrons. The average molecular weight is 324 g/mol. The van der Waals surface area contributed by atoms with Gasteiger partial charge in [0.25, 0.3) is 0 Å². The smallest absolute Gasteiger partial charge is 0.228 e. The molecular weight excluding hydrogens is 304 g/mol. The summed E-state index contributed by atoms with van der Waals surface area (Å²) in [5.41, 5.74) is 5.64. The zero-order chi connectivity index (χ0) is 16.7. The summed E-state index contributed by atoms with van der Waals surface area (Å²) in [5.74, 6) is 1.53. The van der Waals surface area contributed by atoms with E-state index in [1.165, 1.54) is 5.56 Å². The van der Waals surface area contributed by atoms with Crippen LogP contribution in [0.1, 0.15) is 17.0 Å². The molecule has 1 fully saturated rings. The van der Waals surface area contributed by atoms with Crippen LogP contribution in [0.5, 0.6) is 0 Å². The first-order valence-corrected chi connectivity index (χ1v) is 8.18. The van der Waals surface area contributed by atoms with Gasteiger partial charge in [0, 0.05) is 18.7 Å². The minimum atomic E-state index is 0.650. The third-order valence-electron chi connectivity index (χ3n) is 4.36. The molecule has 0 bridgehead atoms. The van der Waals surface area contributed by atoms with Gasteiger partial charge in [-0.25, -0.2) is 9.97 Å². The van der Waals surface area contributed by atoms with Gasteiger partial charge in [-0.3, -0.25) is 0 Å². The second kappa shape index (κ2) is 5.87. The predicted molar refractivity (Wildman–Crippen MR) is 92.3 cm³/mol. The molecule has 0 amide bonds. The van der Waals surface area contributed by atoms with Gasteiger partial charge in [-0.05, 0) is 26.3 Å². The topological polar surface area (TPSA) is 64.3 Å². The first kappa shape index (κ1) is 15.1. The number of hydrogen-bond acceptors (Lipinski definition) is 6. The van der Waals surface area contributed by atoms with E-state index in [0.717, 1.165) is 47.1 Å². The maximum absolute atomic E-state index is 5.67. The summed E-state index contributed by atoms with van der Waals surface area (Å²) < 4.78 is 11.1. The van der Waals surface area contributed by atoms with E-state index in [9.17, 15) is 0 Å². The van der Waals surface area contributed by atoms with E-state index in [2.05, 4.69) is 52.1 Å². The number of morpholine rings is 1. The fourth-order valence-electron chi connectivity index (χ4n) is 3.17. The Labute approximate surface area is 140 Å². The Hall–Kier alpha value is -2.47. The maximum atomic E-state index is 5.67. The molecule has 0 unspecified atom stereocenters. The van der Waals surface area contributed by atoms with Crippen molar-refractivity contribution in [2.45, 2.75) is 20.8 Å². The molecule has 1 aliphatic heterocycles. The SMILES string of the molecule is Cc1ccc(-c2noc3c(N4CCOCC4)nc(C)nc23)c(C)c1. The van der Waals surface area contributed by atoms with E-state index in [0.29, 0.717) is 18.8 Å². The summed E-state index contributed by atoms with van der Waals surface area (Å²) in [6.45, 7) is 9.06. The Morgan fingerprint density at radius 2 is 1.83 bits per heavy atom. The quantitative estimate of drug-likeness (QED) is 0.722. The minimum Gasteiger partial charge on any atom is -0.378 e. The van der Waals surface area contributed by atoms with Crippen LogP contribution in [0.15, 0.2) is 22.7 Å². The Balaban J connectivity index is 1.88. The van der Waals surface area contributed by atoms with Crippen LogP contribution in [-0.4, -0.2) is 41.4 Å². The van der Waals surface area contributed by atoms with E-state index >= 15 is 0 Å². The second-order valence-electron chi connectivity index (χ2n) is 6.22. The van der Waals surface area contributed by atoms with Crippen LogP contribution >= 0.6 is 0 Å². The summed E-state index contributed by atoms with van der Waals surface area (Å²) in [7, 11) is 0. The molecule has 4 rings (SSSR count). The minimum absolute atomic E-state index is 0.650. The van der Waals surface area contributed by atoms with Gasteiger partial charge < -0.3 is 14.2 Å². The Morgan fingerprint density at radius 1 is 1.04 bits per heavy atom. The van der Waals surface area contributed by atoms with Crippen molar-refractivity contribution in [2.75, 3.05) is 31.2 Å². The molecule has 6 heteroatoms. The normalized spacial score (nSPS) is 15.2. The summed E-state index contributed by atoms with van der Waals surface area (Å²) in [6.07, 6.45) is 0. The van der Waals surface area contributed by atoms with Gasteiger partial charge >= 0.3 is 0 Å². The number of aromatic nitrogens is 3. The second-order valence-corrected chi connectivity index (χ2v) is 6.22. The Kier molecular flexibility index (Phi) is 3.69. The summed E-state index contributed by atoms with van der Waals surface area (Å²) in [4.78, 5) is 11.4. The van der Waals surface area contributed by atoms with Gasteiger partial charge in [-0.1, -0.05) is 28.9 Å². The number of benzene rings is 1. The first-order valence-electron chi connectivity index (χ1n) is 8.18. The molecule has 0 radical (unpaired) electrons. The Morgan fingerprint density at radius 3 is 2.58 bits per heavy atom. The molecule has 0 N–H and O–H groups in total. The zero-order valence-corrected chi connectivity index (χ0v) is 14.2. The molecule has 1 aliphatic rings. The number of aryl methyl sites for hydroxylation is 3. The predicted octanol–water partition coefficient (Wildman–Crippen LogP) is 3.05. The van der Waals surface area contributed by atoms with E-state index in [1.54, 1.807) is 0 Å². The van der Waals surface area contributed by atoms with E-state index in [-0.39, 0.29) is 0 Å². The Bertz CT molecular complexity index is 897. The van der Waals surface area contributed by atoms with Crippen LogP contribution in [0.4, 0.5) is 5.82 Å². The average Bonchev–Trinajstić information content (AvgIpc) is 2.98. The highest BCUT2D eigenvalue weighted by molar-refractivity contribution is 5.94. The molecule has 24 heavy (non-hydrogen) atoms. The van der Waals surface area contributed by atoms with Gasteiger partial charge in [0.15, 0.2) is 5.82 Å². The van der Waals surface area contributed by atoms with Gasteiger partial charge in [-0.15, -0.1) is 0 Å². The fraction of sp³-hybridized carbons (Fsp3) is 0.389. The van der Waals surface area contributed by atoms with E-state index in [1.807, 2.05) is 6.92 Å². The van der Waals surface area contributed by atoms with Crippen LogP contribution in [0.25, 0.3) is 22.4 Å². The third kappa shape index (κ3) is 2.53. The van der Waals surface area contributed by atoms with Crippen molar-refractivity contribution >= 4 is 16.9 Å². The lowest BCUT2D eigenvalue weighted by atomic mass is 10.0. The molecule has 0 spiro atoms. The molecule has 3 heterocycles. The molecular formula is C18H20N4O2. The number of ether oxygens (including phenoxy) is 1. The van der Waals surface area contributed by atoms with E-state index in [4.69, 9.17) is 9.26 Å². The number of nitrogens with zero attached hydrogens (tertiary/aromatic N) is 4. The number of hydrogen-bond donors (Lipinski definition) is 0. The lowest BCUT2D eigenvalue weighted by Gasteiger charge is -2.27. The third-order valence-corrected chi connectivity index (χ3v) is 4.36. The highest BCUT2D eigenvalue weighted by atomic mass is 16.5. The number of anilines is 1. The van der Waals surface area contributed by atoms with Crippen molar-refractivity contribution in [3.8, 4) is 11.3 Å². The summed E-state index contributed by atoms with van der Waals surface area (Å²) >= 11 is 0. The monoisotopic (exact) mass is 324 g/mol. The summed E-state index contributed by atoms with van der Waals surface area (Å²) in [5, 5.41) is 4.32. The molecule has 6 nitrogen and oxygen atoms in total. The molecule has 0 atom stereocenters. The highest BCUT2D eigenvalue weighted by Gasteiger charge is 2.23. The lowest BCUT2D eigenvalue weighted by Crippen LogP contribution is -2.37. The zero-order valence-electron chi connectivity index (χ0n) is 14.2. The van der Waals surface area contributed by atoms with E-state index < -0.39 is 0 Å². The molecule has 3 aromatic rings. The van der Waals surface area contributed by atoms with Crippen LogP contribution in [0.3, 0.4) is 0 Å². The van der Waals surface area contributed by atoms with Crippen LogP contribution in [0, 0.1) is 20.8 Å². The standard InChI is InChI=1S/C18H20N4O2/c1-11-4-5-14(12(2)10-11)15-16-17(24-21-15)18(20-13(3)19-16)22-6-8-23-9-7-22/h4-5,10H,6-9H2,1-3H3. The van der Waals surface area contributed by atoms with Crippen molar-refractivity contribution in [3.63, 3.8) is 0 Å². The van der Waals surface area contributed by atoms with Gasteiger partial charge in [0.1, 0.15) is 17.0 Å². The van der Waals surface area contributed by atoms with Crippen molar-refractivity contribution < 1.29 is 9.26 Å². The van der Waals surface area contributed by atoms with Gasteiger partial charge in [0.05, 0.1) is 13.2 Å². The van der Waals surface area contributed by atoms with Gasteiger partial charge in [-0.2, -0.15) is 0 Å². The van der Waals surface area contributed by atoms with Crippen LogP contribution in [-0.2, 0) is 4.74 Å². The van der Waals surface area contributed by atoms with Crippen molar-refractivity contribution in [1.82, 2.24) is 15.1 Å². The number of rotatable bonds is 2. The first-order chi connectivity index (χ1) is 11.6. The molecule has 2 aromatic heterocycles. The maximum Gasteiger partial charge on any atom is 0.228 e. The van der Waals surface area contributed by atoms with Crippen LogP contribution < -0.4 is 4.90 Å². The molecule has 1 aromatic carbocycles. The summed E-state index contributed by atoms with van der Waals surface area (Å²) in [6, 6.07) is 6.31. The molecule has 0 saturated carbocycles. The lowest BCUT2D eigenvalue weighted by molar-refractivity contribution is 0.122. The van der Waals surface area contributed by atoms with Crippen LogP contribution in [0.2, 0.25) is 0 Å². The molecule has 0 aliphatic carbocycles. The van der Waals surface area contributed by atoms with Gasteiger partial charge in [0.2, 0.25) is 5.58 Å². The highest BCUT2D eigenvalue weighted by Crippen LogP contribution is 2.33.